The third kappa shape index (κ3) is 2.92. The number of rotatable bonds is 2. The molecule has 6 nitrogen and oxygen atoms in total. The SMILES string of the molecule is Cc1cc(Cl)ccc1NC(=O)c1c[nH]c(=O)[nH]c1=O. The molecule has 0 saturated heterocycles. The van der Waals surface area contributed by atoms with Gasteiger partial charge in [-0.05, 0) is 30.7 Å². The molecular formula is C12H10ClN3O3. The molecule has 0 atom stereocenters. The van der Waals surface area contributed by atoms with Gasteiger partial charge in [0.05, 0.1) is 0 Å². The highest BCUT2D eigenvalue weighted by Crippen LogP contribution is 2.19. The Morgan fingerprint density at radius 3 is 2.68 bits per heavy atom. The highest BCUT2D eigenvalue weighted by molar-refractivity contribution is 6.30. The van der Waals surface area contributed by atoms with Gasteiger partial charge in [0, 0.05) is 16.9 Å². The first-order chi connectivity index (χ1) is 8.97. The average Bonchev–Trinajstić information content (AvgIpc) is 2.32. The van der Waals surface area contributed by atoms with E-state index in [0.29, 0.717) is 10.7 Å². The normalized spacial score (nSPS) is 10.2. The molecule has 1 heterocycles. The van der Waals surface area contributed by atoms with Crippen LogP contribution in [0.15, 0.2) is 34.0 Å². The Balaban J connectivity index is 2.31. The van der Waals surface area contributed by atoms with Crippen LogP contribution in [0.4, 0.5) is 5.69 Å². The molecule has 7 heteroatoms. The van der Waals surface area contributed by atoms with Crippen molar-refractivity contribution in [2.45, 2.75) is 6.92 Å². The van der Waals surface area contributed by atoms with Crippen LogP contribution in [-0.4, -0.2) is 15.9 Å². The number of carbonyl (C=O) groups excluding carboxylic acids is 1. The molecule has 19 heavy (non-hydrogen) atoms. The van der Waals surface area contributed by atoms with Crippen LogP contribution in [0.2, 0.25) is 5.02 Å². The van der Waals surface area contributed by atoms with Gasteiger partial charge in [0.15, 0.2) is 0 Å². The molecule has 98 valence electrons. The molecule has 3 N–H and O–H groups in total. The predicted molar refractivity (Wildman–Crippen MR) is 71.8 cm³/mol. The summed E-state index contributed by atoms with van der Waals surface area (Å²) in [5, 5.41) is 3.13. The predicted octanol–water partition coefficient (Wildman–Crippen LogP) is 1.28. The second-order valence-electron chi connectivity index (χ2n) is 3.90. The Bertz CT molecular complexity index is 748. The smallest absolute Gasteiger partial charge is 0.322 e. The molecule has 0 radical (unpaired) electrons. The van der Waals surface area contributed by atoms with E-state index in [1.807, 2.05) is 4.98 Å². The number of benzene rings is 1. The molecule has 0 unspecified atom stereocenters. The van der Waals surface area contributed by atoms with Crippen LogP contribution in [-0.2, 0) is 0 Å². The summed E-state index contributed by atoms with van der Waals surface area (Å²) < 4.78 is 0. The van der Waals surface area contributed by atoms with Gasteiger partial charge >= 0.3 is 5.69 Å². The lowest BCUT2D eigenvalue weighted by molar-refractivity contribution is 0.102. The summed E-state index contributed by atoms with van der Waals surface area (Å²) in [5.41, 5.74) is -0.271. The third-order valence-electron chi connectivity index (χ3n) is 2.50. The van der Waals surface area contributed by atoms with Crippen molar-refractivity contribution in [3.05, 3.63) is 61.4 Å². The molecule has 0 spiro atoms. The van der Waals surface area contributed by atoms with Gasteiger partial charge in [-0.1, -0.05) is 11.6 Å². The van der Waals surface area contributed by atoms with Crippen molar-refractivity contribution in [1.29, 1.82) is 0 Å². The lowest BCUT2D eigenvalue weighted by atomic mass is 10.2. The van der Waals surface area contributed by atoms with Crippen molar-refractivity contribution in [3.8, 4) is 0 Å². The Labute approximate surface area is 112 Å². The molecule has 0 saturated carbocycles. The molecule has 1 amide bonds. The first kappa shape index (κ1) is 13.1. The number of aromatic amines is 2. The van der Waals surface area contributed by atoms with Crippen LogP contribution in [0.5, 0.6) is 0 Å². The Morgan fingerprint density at radius 2 is 2.05 bits per heavy atom. The molecule has 1 aromatic heterocycles. The van der Waals surface area contributed by atoms with E-state index in [1.165, 1.54) is 0 Å². The maximum atomic E-state index is 11.9. The fourth-order valence-corrected chi connectivity index (χ4v) is 1.76. The van der Waals surface area contributed by atoms with Crippen LogP contribution in [0.3, 0.4) is 0 Å². The minimum Gasteiger partial charge on any atom is -0.322 e. The van der Waals surface area contributed by atoms with Gasteiger partial charge in [-0.25, -0.2) is 4.79 Å². The highest BCUT2D eigenvalue weighted by Gasteiger charge is 2.12. The van der Waals surface area contributed by atoms with E-state index in [9.17, 15) is 14.4 Å². The number of nitrogens with one attached hydrogen (secondary N) is 3. The maximum absolute atomic E-state index is 11.9. The number of H-pyrrole nitrogens is 2. The van der Waals surface area contributed by atoms with E-state index in [0.717, 1.165) is 11.8 Å². The molecule has 2 rings (SSSR count). The molecular weight excluding hydrogens is 270 g/mol. The van der Waals surface area contributed by atoms with Gasteiger partial charge in [0.2, 0.25) is 0 Å². The van der Waals surface area contributed by atoms with Crippen LogP contribution in [0.1, 0.15) is 15.9 Å². The van der Waals surface area contributed by atoms with Crippen molar-refractivity contribution in [2.24, 2.45) is 0 Å². The summed E-state index contributed by atoms with van der Waals surface area (Å²) in [7, 11) is 0. The zero-order valence-corrected chi connectivity index (χ0v) is 10.7. The number of carbonyl (C=O) groups is 1. The second-order valence-corrected chi connectivity index (χ2v) is 4.34. The van der Waals surface area contributed by atoms with Gasteiger partial charge in [-0.2, -0.15) is 0 Å². The van der Waals surface area contributed by atoms with Gasteiger partial charge < -0.3 is 10.3 Å². The number of hydrogen-bond acceptors (Lipinski definition) is 3. The zero-order valence-electron chi connectivity index (χ0n) is 9.91. The summed E-state index contributed by atoms with van der Waals surface area (Å²) in [5.74, 6) is -0.608. The number of aromatic nitrogens is 2. The van der Waals surface area contributed by atoms with Crippen LogP contribution in [0.25, 0.3) is 0 Å². The zero-order chi connectivity index (χ0) is 14.0. The lowest BCUT2D eigenvalue weighted by Gasteiger charge is -2.07. The number of hydrogen-bond donors (Lipinski definition) is 3. The average molecular weight is 280 g/mol. The number of amides is 1. The Hall–Kier alpha value is -2.34. The van der Waals surface area contributed by atoms with E-state index >= 15 is 0 Å². The molecule has 0 aliphatic heterocycles. The molecule has 0 aliphatic carbocycles. The first-order valence-corrected chi connectivity index (χ1v) is 5.74. The fraction of sp³-hybridized carbons (Fsp3) is 0.0833. The minimum absolute atomic E-state index is 0.172. The summed E-state index contributed by atoms with van der Waals surface area (Å²) in [6.07, 6.45) is 1.07. The molecule has 2 aromatic rings. The molecule has 1 aromatic carbocycles. The molecule has 0 aliphatic rings. The van der Waals surface area contributed by atoms with Crippen molar-refractivity contribution >= 4 is 23.2 Å². The monoisotopic (exact) mass is 279 g/mol. The van der Waals surface area contributed by atoms with Crippen LogP contribution < -0.4 is 16.6 Å². The van der Waals surface area contributed by atoms with E-state index in [-0.39, 0.29) is 5.56 Å². The van der Waals surface area contributed by atoms with Crippen LogP contribution in [0, 0.1) is 6.92 Å². The summed E-state index contributed by atoms with van der Waals surface area (Å²) in [6, 6.07) is 4.95. The van der Waals surface area contributed by atoms with E-state index in [1.54, 1.807) is 25.1 Å². The van der Waals surface area contributed by atoms with Crippen LogP contribution >= 0.6 is 11.6 Å². The maximum Gasteiger partial charge on any atom is 0.325 e. The second kappa shape index (κ2) is 5.11. The quantitative estimate of drug-likeness (QED) is 0.773. The number of aryl methyl sites for hydroxylation is 1. The number of halogens is 1. The summed E-state index contributed by atoms with van der Waals surface area (Å²) in [6.45, 7) is 1.78. The number of anilines is 1. The van der Waals surface area contributed by atoms with Crippen molar-refractivity contribution in [2.75, 3.05) is 5.32 Å². The third-order valence-corrected chi connectivity index (χ3v) is 2.74. The summed E-state index contributed by atoms with van der Waals surface area (Å²) in [4.78, 5) is 38.4. The standard InChI is InChI=1S/C12H10ClN3O3/c1-6-4-7(13)2-3-9(6)15-10(17)8-5-14-12(19)16-11(8)18/h2-5H,1H3,(H,15,17)(H2,14,16,18,19). The lowest BCUT2D eigenvalue weighted by Crippen LogP contribution is -2.29. The molecule has 0 fully saturated rings. The van der Waals surface area contributed by atoms with Gasteiger partial charge in [-0.3, -0.25) is 14.6 Å². The molecule has 0 bridgehead atoms. The largest absolute Gasteiger partial charge is 0.325 e. The van der Waals surface area contributed by atoms with E-state index in [2.05, 4.69) is 10.3 Å². The van der Waals surface area contributed by atoms with E-state index < -0.39 is 17.2 Å². The topological polar surface area (TPSA) is 94.8 Å². The van der Waals surface area contributed by atoms with Gasteiger partial charge in [-0.15, -0.1) is 0 Å². The van der Waals surface area contributed by atoms with Gasteiger partial charge in [0.25, 0.3) is 11.5 Å². The van der Waals surface area contributed by atoms with Gasteiger partial charge in [0.1, 0.15) is 5.56 Å². The van der Waals surface area contributed by atoms with E-state index in [4.69, 9.17) is 11.6 Å². The van der Waals surface area contributed by atoms with Crippen molar-refractivity contribution in [1.82, 2.24) is 9.97 Å². The van der Waals surface area contributed by atoms with Crippen molar-refractivity contribution in [3.63, 3.8) is 0 Å². The Kier molecular flexibility index (Phi) is 3.52. The Morgan fingerprint density at radius 1 is 1.32 bits per heavy atom. The summed E-state index contributed by atoms with van der Waals surface area (Å²) >= 11 is 5.81. The highest BCUT2D eigenvalue weighted by atomic mass is 35.5. The van der Waals surface area contributed by atoms with Crippen molar-refractivity contribution < 1.29 is 4.79 Å². The minimum atomic E-state index is -0.743. The first-order valence-electron chi connectivity index (χ1n) is 5.37. The fourth-order valence-electron chi connectivity index (χ4n) is 1.54.